The second kappa shape index (κ2) is 8.54. The first-order valence-electron chi connectivity index (χ1n) is 9.27. The summed E-state index contributed by atoms with van der Waals surface area (Å²) in [5.74, 6) is -0.0858. The Hall–Kier alpha value is -3.08. The molecule has 3 rings (SSSR count). The van der Waals surface area contributed by atoms with Gasteiger partial charge in [-0.1, -0.05) is 43.7 Å². The smallest absolute Gasteiger partial charge is 0.255 e. The highest BCUT2D eigenvalue weighted by molar-refractivity contribution is 5.95. The van der Waals surface area contributed by atoms with Crippen LogP contribution in [-0.4, -0.2) is 29.8 Å². The van der Waals surface area contributed by atoms with E-state index in [9.17, 15) is 4.79 Å². The molecule has 2 aromatic carbocycles. The molecule has 0 saturated carbocycles. The van der Waals surface area contributed by atoms with E-state index in [1.54, 1.807) is 6.20 Å². The fourth-order valence-electron chi connectivity index (χ4n) is 3.02. The van der Waals surface area contributed by atoms with Crippen LogP contribution >= 0.6 is 0 Å². The van der Waals surface area contributed by atoms with Gasteiger partial charge in [0.05, 0.1) is 23.1 Å². The number of aromatic nitrogens is 2. The molecule has 0 radical (unpaired) electrons. The molecule has 5 nitrogen and oxygen atoms in total. The van der Waals surface area contributed by atoms with Crippen molar-refractivity contribution in [1.29, 1.82) is 0 Å². The van der Waals surface area contributed by atoms with Crippen LogP contribution in [0.5, 0.6) is 0 Å². The zero-order valence-corrected chi connectivity index (χ0v) is 16.1. The van der Waals surface area contributed by atoms with E-state index in [0.717, 1.165) is 35.5 Å². The van der Waals surface area contributed by atoms with E-state index in [2.05, 4.69) is 34.4 Å². The van der Waals surface area contributed by atoms with E-state index in [0.29, 0.717) is 12.1 Å². The van der Waals surface area contributed by atoms with Gasteiger partial charge in [0.2, 0.25) is 0 Å². The topological polar surface area (TPSA) is 50.2 Å². The Balaban J connectivity index is 1.75. The van der Waals surface area contributed by atoms with Crippen LogP contribution in [0.4, 0.5) is 5.69 Å². The summed E-state index contributed by atoms with van der Waals surface area (Å²) in [6.45, 7) is 2.60. The maximum absolute atomic E-state index is 12.8. The lowest BCUT2D eigenvalue weighted by Gasteiger charge is -2.13. The van der Waals surface area contributed by atoms with Crippen LogP contribution in [0.1, 0.15) is 35.0 Å². The Bertz CT molecular complexity index is 882. The van der Waals surface area contributed by atoms with E-state index in [1.807, 2.05) is 61.2 Å². The molecule has 0 fully saturated rings. The molecule has 0 saturated heterocycles. The van der Waals surface area contributed by atoms with Crippen LogP contribution in [0, 0.1) is 0 Å². The first-order valence-corrected chi connectivity index (χ1v) is 9.27. The molecular weight excluding hydrogens is 336 g/mol. The minimum atomic E-state index is -0.0858. The van der Waals surface area contributed by atoms with E-state index in [-0.39, 0.29) is 5.91 Å². The average Bonchev–Trinajstić information content (AvgIpc) is 3.11. The second-order valence-electron chi connectivity index (χ2n) is 6.75. The van der Waals surface area contributed by atoms with Gasteiger partial charge in [0, 0.05) is 26.3 Å². The van der Waals surface area contributed by atoms with Crippen molar-refractivity contribution in [1.82, 2.24) is 15.1 Å². The third-order valence-corrected chi connectivity index (χ3v) is 4.51. The van der Waals surface area contributed by atoms with Crippen molar-refractivity contribution in [2.24, 2.45) is 0 Å². The monoisotopic (exact) mass is 362 g/mol. The summed E-state index contributed by atoms with van der Waals surface area (Å²) in [6, 6.07) is 18.1. The SMILES string of the molecule is CCCc1c(C(=O)NCc2ccc(N(C)C)cc2)cnn1-c1ccccc1. The van der Waals surface area contributed by atoms with E-state index < -0.39 is 0 Å². The van der Waals surface area contributed by atoms with Gasteiger partial charge in [0.25, 0.3) is 5.91 Å². The standard InChI is InChI=1S/C22H26N4O/c1-4-8-21-20(16-24-26(21)19-9-6-5-7-10-19)22(27)23-15-17-11-13-18(14-12-17)25(2)3/h5-7,9-14,16H,4,8,15H2,1-3H3,(H,23,27). The number of hydrogen-bond donors (Lipinski definition) is 1. The molecule has 0 aliphatic rings. The summed E-state index contributed by atoms with van der Waals surface area (Å²) in [7, 11) is 4.02. The lowest BCUT2D eigenvalue weighted by molar-refractivity contribution is 0.0950. The highest BCUT2D eigenvalue weighted by Gasteiger charge is 2.17. The lowest BCUT2D eigenvalue weighted by Crippen LogP contribution is -2.24. The molecule has 1 N–H and O–H groups in total. The Morgan fingerprint density at radius 3 is 2.41 bits per heavy atom. The van der Waals surface area contributed by atoms with Crippen LogP contribution < -0.4 is 10.2 Å². The highest BCUT2D eigenvalue weighted by atomic mass is 16.1. The van der Waals surface area contributed by atoms with Crippen LogP contribution in [0.2, 0.25) is 0 Å². The Morgan fingerprint density at radius 2 is 1.78 bits per heavy atom. The van der Waals surface area contributed by atoms with Gasteiger partial charge in [-0.25, -0.2) is 4.68 Å². The van der Waals surface area contributed by atoms with Gasteiger partial charge in [0.15, 0.2) is 0 Å². The molecule has 0 bridgehead atoms. The number of anilines is 1. The molecule has 0 aliphatic heterocycles. The Kier molecular flexibility index (Phi) is 5.91. The van der Waals surface area contributed by atoms with Crippen LogP contribution in [0.15, 0.2) is 60.8 Å². The van der Waals surface area contributed by atoms with Gasteiger partial charge < -0.3 is 10.2 Å². The molecule has 0 aliphatic carbocycles. The molecule has 3 aromatic rings. The molecule has 1 amide bonds. The van der Waals surface area contributed by atoms with Gasteiger partial charge in [0.1, 0.15) is 0 Å². The van der Waals surface area contributed by atoms with Gasteiger partial charge >= 0.3 is 0 Å². The predicted molar refractivity (Wildman–Crippen MR) is 109 cm³/mol. The molecule has 0 spiro atoms. The highest BCUT2D eigenvalue weighted by Crippen LogP contribution is 2.17. The summed E-state index contributed by atoms with van der Waals surface area (Å²) in [6.07, 6.45) is 3.42. The average molecular weight is 362 g/mol. The van der Waals surface area contributed by atoms with Crippen molar-refractivity contribution in [3.63, 3.8) is 0 Å². The lowest BCUT2D eigenvalue weighted by atomic mass is 10.1. The normalized spacial score (nSPS) is 10.6. The molecule has 0 atom stereocenters. The van der Waals surface area contributed by atoms with Crippen LogP contribution in [0.25, 0.3) is 5.69 Å². The molecule has 27 heavy (non-hydrogen) atoms. The number of amides is 1. The molecular formula is C22H26N4O. The summed E-state index contributed by atoms with van der Waals surface area (Å²) < 4.78 is 1.87. The fraction of sp³-hybridized carbons (Fsp3) is 0.273. The molecule has 1 aromatic heterocycles. The largest absolute Gasteiger partial charge is 0.378 e. The Labute approximate surface area is 160 Å². The minimum Gasteiger partial charge on any atom is -0.378 e. The van der Waals surface area contributed by atoms with Crippen LogP contribution in [-0.2, 0) is 13.0 Å². The van der Waals surface area contributed by atoms with Crippen molar-refractivity contribution in [3.05, 3.63) is 77.6 Å². The van der Waals surface area contributed by atoms with Gasteiger partial charge in [-0.2, -0.15) is 5.10 Å². The number of para-hydroxylation sites is 1. The third-order valence-electron chi connectivity index (χ3n) is 4.51. The fourth-order valence-corrected chi connectivity index (χ4v) is 3.02. The third kappa shape index (κ3) is 4.37. The quantitative estimate of drug-likeness (QED) is 0.695. The summed E-state index contributed by atoms with van der Waals surface area (Å²) >= 11 is 0. The predicted octanol–water partition coefficient (Wildman–Crippen LogP) is 3.82. The summed E-state index contributed by atoms with van der Waals surface area (Å²) in [5, 5.41) is 7.48. The minimum absolute atomic E-state index is 0.0858. The molecule has 140 valence electrons. The van der Waals surface area contributed by atoms with Crippen molar-refractivity contribution in [2.45, 2.75) is 26.3 Å². The van der Waals surface area contributed by atoms with Crippen molar-refractivity contribution in [3.8, 4) is 5.69 Å². The van der Waals surface area contributed by atoms with E-state index in [1.165, 1.54) is 0 Å². The Morgan fingerprint density at radius 1 is 1.07 bits per heavy atom. The van der Waals surface area contributed by atoms with Crippen LogP contribution in [0.3, 0.4) is 0 Å². The number of carbonyl (C=O) groups excluding carboxylic acids is 1. The van der Waals surface area contributed by atoms with Gasteiger partial charge in [-0.05, 0) is 36.2 Å². The number of carbonyl (C=O) groups is 1. The van der Waals surface area contributed by atoms with Gasteiger partial charge in [-0.15, -0.1) is 0 Å². The maximum atomic E-state index is 12.8. The zero-order chi connectivity index (χ0) is 19.2. The number of nitrogens with zero attached hydrogens (tertiary/aromatic N) is 3. The number of hydrogen-bond acceptors (Lipinski definition) is 3. The first-order chi connectivity index (χ1) is 13.1. The molecule has 0 unspecified atom stereocenters. The molecule has 1 heterocycles. The van der Waals surface area contributed by atoms with Gasteiger partial charge in [-0.3, -0.25) is 4.79 Å². The second-order valence-corrected chi connectivity index (χ2v) is 6.75. The summed E-state index contributed by atoms with van der Waals surface area (Å²) in [4.78, 5) is 14.8. The van der Waals surface area contributed by atoms with E-state index >= 15 is 0 Å². The maximum Gasteiger partial charge on any atom is 0.255 e. The summed E-state index contributed by atoms with van der Waals surface area (Å²) in [5.41, 5.74) is 4.77. The zero-order valence-electron chi connectivity index (χ0n) is 16.1. The first kappa shape index (κ1) is 18.7. The van der Waals surface area contributed by atoms with Crippen molar-refractivity contribution < 1.29 is 4.79 Å². The molecule has 5 heteroatoms. The van der Waals surface area contributed by atoms with Crippen molar-refractivity contribution >= 4 is 11.6 Å². The van der Waals surface area contributed by atoms with E-state index in [4.69, 9.17) is 0 Å². The number of nitrogens with one attached hydrogen (secondary N) is 1. The number of benzene rings is 2. The van der Waals surface area contributed by atoms with Crippen molar-refractivity contribution in [2.75, 3.05) is 19.0 Å². The number of rotatable bonds is 7.